The van der Waals surface area contributed by atoms with Gasteiger partial charge in [-0.2, -0.15) is 0 Å². The van der Waals surface area contributed by atoms with Crippen LogP contribution < -0.4 is 5.32 Å². The molecule has 5 nitrogen and oxygen atoms in total. The monoisotopic (exact) mass is 312 g/mol. The number of nitrogens with zero attached hydrogens (tertiary/aromatic N) is 1. The first-order chi connectivity index (χ1) is 11.2. The summed E-state index contributed by atoms with van der Waals surface area (Å²) in [6.07, 6.45) is 2.82. The van der Waals surface area contributed by atoms with Crippen LogP contribution in [0.1, 0.15) is 39.8 Å². The molecule has 0 spiro atoms. The number of ketones is 1. The summed E-state index contributed by atoms with van der Waals surface area (Å²) >= 11 is 0. The van der Waals surface area contributed by atoms with Crippen LogP contribution in [0.5, 0.6) is 0 Å². The summed E-state index contributed by atoms with van der Waals surface area (Å²) in [4.78, 5) is 28.6. The summed E-state index contributed by atoms with van der Waals surface area (Å²) in [5, 5.41) is 2.76. The standard InChI is InChI=1S/C18H20N2O3/c1-3-13-8-9-16(19-12-13)18(22)20-15-7-5-4-6-14(15)17(21)10-11-23-2/h4-9,12H,3,10-11H2,1-2H3,(H,20,22). The van der Waals surface area contributed by atoms with Crippen LogP contribution in [-0.4, -0.2) is 30.4 Å². The Morgan fingerprint density at radius 3 is 2.61 bits per heavy atom. The molecule has 0 fully saturated rings. The largest absolute Gasteiger partial charge is 0.384 e. The van der Waals surface area contributed by atoms with Gasteiger partial charge in [0.05, 0.1) is 12.3 Å². The molecule has 0 atom stereocenters. The Kier molecular flexibility index (Phi) is 6.00. The molecular formula is C18H20N2O3. The van der Waals surface area contributed by atoms with Crippen LogP contribution in [0.2, 0.25) is 0 Å². The Balaban J connectivity index is 2.15. The van der Waals surface area contributed by atoms with Crippen molar-refractivity contribution in [2.24, 2.45) is 0 Å². The molecule has 23 heavy (non-hydrogen) atoms. The number of hydrogen-bond acceptors (Lipinski definition) is 4. The normalized spacial score (nSPS) is 10.3. The quantitative estimate of drug-likeness (QED) is 0.798. The smallest absolute Gasteiger partial charge is 0.274 e. The molecule has 0 aliphatic carbocycles. The Bertz CT molecular complexity index is 681. The van der Waals surface area contributed by atoms with E-state index in [1.54, 1.807) is 43.6 Å². The van der Waals surface area contributed by atoms with E-state index in [2.05, 4.69) is 10.3 Å². The number of pyridine rings is 1. The highest BCUT2D eigenvalue weighted by molar-refractivity contribution is 6.08. The third-order valence-corrected chi connectivity index (χ3v) is 3.47. The van der Waals surface area contributed by atoms with E-state index in [0.717, 1.165) is 12.0 Å². The zero-order valence-corrected chi connectivity index (χ0v) is 13.3. The summed E-state index contributed by atoms with van der Waals surface area (Å²) in [7, 11) is 1.55. The van der Waals surface area contributed by atoms with Crippen molar-refractivity contribution < 1.29 is 14.3 Å². The number of methoxy groups -OCH3 is 1. The van der Waals surface area contributed by atoms with Crippen molar-refractivity contribution in [3.63, 3.8) is 0 Å². The van der Waals surface area contributed by atoms with Crippen molar-refractivity contribution in [2.45, 2.75) is 19.8 Å². The fourth-order valence-electron chi connectivity index (χ4n) is 2.12. The first-order valence-electron chi connectivity index (χ1n) is 7.53. The second-order valence-electron chi connectivity index (χ2n) is 5.07. The molecule has 2 aromatic rings. The minimum atomic E-state index is -0.334. The van der Waals surface area contributed by atoms with E-state index in [-0.39, 0.29) is 18.1 Å². The van der Waals surface area contributed by atoms with Crippen LogP contribution >= 0.6 is 0 Å². The molecule has 0 unspecified atom stereocenters. The predicted molar refractivity (Wildman–Crippen MR) is 88.8 cm³/mol. The number of para-hydroxylation sites is 1. The average molecular weight is 312 g/mol. The van der Waals surface area contributed by atoms with Gasteiger partial charge in [0, 0.05) is 25.3 Å². The van der Waals surface area contributed by atoms with Crippen molar-refractivity contribution in [3.8, 4) is 0 Å². The van der Waals surface area contributed by atoms with E-state index in [1.807, 2.05) is 13.0 Å². The van der Waals surface area contributed by atoms with Crippen LogP contribution in [0.25, 0.3) is 0 Å². The molecule has 0 bridgehead atoms. The molecule has 0 radical (unpaired) electrons. The van der Waals surface area contributed by atoms with Gasteiger partial charge in [-0.05, 0) is 30.2 Å². The Morgan fingerprint density at radius 2 is 1.96 bits per heavy atom. The fraction of sp³-hybridized carbons (Fsp3) is 0.278. The van der Waals surface area contributed by atoms with Crippen molar-refractivity contribution in [2.75, 3.05) is 19.0 Å². The van der Waals surface area contributed by atoms with Gasteiger partial charge >= 0.3 is 0 Å². The maximum Gasteiger partial charge on any atom is 0.274 e. The first-order valence-corrected chi connectivity index (χ1v) is 7.53. The molecule has 1 aromatic carbocycles. The lowest BCUT2D eigenvalue weighted by atomic mass is 10.1. The molecule has 2 rings (SSSR count). The molecule has 1 aromatic heterocycles. The van der Waals surface area contributed by atoms with Gasteiger partial charge in [0.15, 0.2) is 5.78 Å². The van der Waals surface area contributed by atoms with Gasteiger partial charge in [0.1, 0.15) is 5.69 Å². The van der Waals surface area contributed by atoms with Crippen LogP contribution in [-0.2, 0) is 11.2 Å². The lowest BCUT2D eigenvalue weighted by molar-refractivity contribution is 0.0933. The highest BCUT2D eigenvalue weighted by Crippen LogP contribution is 2.18. The van der Waals surface area contributed by atoms with Crippen LogP contribution in [0.3, 0.4) is 0 Å². The molecule has 5 heteroatoms. The summed E-state index contributed by atoms with van der Waals surface area (Å²) in [5.41, 5.74) is 2.35. The number of nitrogens with one attached hydrogen (secondary N) is 1. The van der Waals surface area contributed by atoms with Crippen molar-refractivity contribution in [1.82, 2.24) is 4.98 Å². The number of aromatic nitrogens is 1. The molecular weight excluding hydrogens is 292 g/mol. The topological polar surface area (TPSA) is 68.3 Å². The summed E-state index contributed by atoms with van der Waals surface area (Å²) in [6.45, 7) is 2.37. The van der Waals surface area contributed by atoms with Crippen molar-refractivity contribution in [1.29, 1.82) is 0 Å². The molecule has 1 amide bonds. The number of ether oxygens (including phenoxy) is 1. The van der Waals surface area contributed by atoms with E-state index in [0.29, 0.717) is 23.6 Å². The highest BCUT2D eigenvalue weighted by atomic mass is 16.5. The van der Waals surface area contributed by atoms with E-state index >= 15 is 0 Å². The van der Waals surface area contributed by atoms with E-state index < -0.39 is 0 Å². The van der Waals surface area contributed by atoms with E-state index in [1.165, 1.54) is 0 Å². The molecule has 1 heterocycles. The predicted octanol–water partition coefficient (Wildman–Crippen LogP) is 3.12. The number of anilines is 1. The van der Waals surface area contributed by atoms with Gasteiger partial charge in [-0.25, -0.2) is 0 Å². The number of rotatable bonds is 7. The zero-order valence-electron chi connectivity index (χ0n) is 13.3. The van der Waals surface area contributed by atoms with Crippen molar-refractivity contribution >= 4 is 17.4 Å². The summed E-state index contributed by atoms with van der Waals surface area (Å²) in [6, 6.07) is 10.5. The Hall–Kier alpha value is -2.53. The number of Topliss-reactive ketones (excluding diaryl/α,β-unsaturated/α-hetero) is 1. The van der Waals surface area contributed by atoms with Crippen LogP contribution in [0, 0.1) is 0 Å². The molecule has 1 N–H and O–H groups in total. The van der Waals surface area contributed by atoms with E-state index in [9.17, 15) is 9.59 Å². The second-order valence-corrected chi connectivity index (χ2v) is 5.07. The lowest BCUT2D eigenvalue weighted by Gasteiger charge is -2.10. The SMILES string of the molecule is CCc1ccc(C(=O)Nc2ccccc2C(=O)CCOC)nc1. The van der Waals surface area contributed by atoms with Gasteiger partial charge in [-0.15, -0.1) is 0 Å². The number of aryl methyl sites for hydroxylation is 1. The minimum absolute atomic E-state index is 0.0722. The van der Waals surface area contributed by atoms with Gasteiger partial charge in [-0.1, -0.05) is 25.1 Å². The molecule has 0 aliphatic rings. The number of benzene rings is 1. The molecule has 0 saturated carbocycles. The maximum absolute atomic E-state index is 12.3. The molecule has 0 aliphatic heterocycles. The number of carbonyl (C=O) groups is 2. The number of hydrogen-bond donors (Lipinski definition) is 1. The lowest BCUT2D eigenvalue weighted by Crippen LogP contribution is -2.16. The Morgan fingerprint density at radius 1 is 1.17 bits per heavy atom. The second kappa shape index (κ2) is 8.19. The number of amides is 1. The highest BCUT2D eigenvalue weighted by Gasteiger charge is 2.14. The van der Waals surface area contributed by atoms with Crippen LogP contribution in [0.4, 0.5) is 5.69 Å². The third-order valence-electron chi connectivity index (χ3n) is 3.47. The molecule has 0 saturated heterocycles. The van der Waals surface area contributed by atoms with Gasteiger partial charge < -0.3 is 10.1 Å². The average Bonchev–Trinajstić information content (AvgIpc) is 2.60. The maximum atomic E-state index is 12.3. The van der Waals surface area contributed by atoms with Crippen LogP contribution in [0.15, 0.2) is 42.6 Å². The van der Waals surface area contributed by atoms with Crippen molar-refractivity contribution in [3.05, 3.63) is 59.4 Å². The summed E-state index contributed by atoms with van der Waals surface area (Å²) in [5.74, 6) is -0.406. The minimum Gasteiger partial charge on any atom is -0.384 e. The van der Waals surface area contributed by atoms with Gasteiger partial charge in [0.2, 0.25) is 0 Å². The van der Waals surface area contributed by atoms with Gasteiger partial charge in [0.25, 0.3) is 5.91 Å². The van der Waals surface area contributed by atoms with E-state index in [4.69, 9.17) is 4.74 Å². The molecule has 120 valence electrons. The number of carbonyl (C=O) groups excluding carboxylic acids is 2. The van der Waals surface area contributed by atoms with Gasteiger partial charge in [-0.3, -0.25) is 14.6 Å². The fourth-order valence-corrected chi connectivity index (χ4v) is 2.12. The zero-order chi connectivity index (χ0) is 16.7. The third kappa shape index (κ3) is 4.47. The first kappa shape index (κ1) is 16.8. The Labute approximate surface area is 135 Å². The summed E-state index contributed by atoms with van der Waals surface area (Å²) < 4.78 is 4.93.